The Labute approximate surface area is 274 Å². The van der Waals surface area contributed by atoms with Crippen LogP contribution < -0.4 is 15.4 Å². The third-order valence-electron chi connectivity index (χ3n) is 9.51. The van der Waals surface area contributed by atoms with Crippen molar-refractivity contribution in [2.24, 2.45) is 5.92 Å². The van der Waals surface area contributed by atoms with Crippen LogP contribution in [0.25, 0.3) is 11.1 Å². The van der Waals surface area contributed by atoms with Gasteiger partial charge in [0.25, 0.3) is 0 Å². The fourth-order valence-corrected chi connectivity index (χ4v) is 6.72. The highest BCUT2D eigenvalue weighted by molar-refractivity contribution is 5.89. The molecule has 2 aliphatic carbocycles. The zero-order valence-electron chi connectivity index (χ0n) is 27.0. The molecule has 46 heavy (non-hydrogen) atoms. The summed E-state index contributed by atoms with van der Waals surface area (Å²) in [7, 11) is 0. The number of nitrogens with zero attached hydrogens (tertiary/aromatic N) is 2. The molecule has 4 aromatic rings. The van der Waals surface area contributed by atoms with E-state index in [1.165, 1.54) is 80.9 Å². The predicted molar refractivity (Wildman–Crippen MR) is 187 cm³/mol. The highest BCUT2D eigenvalue weighted by Crippen LogP contribution is 2.26. The Bertz CT molecular complexity index is 1480. The summed E-state index contributed by atoms with van der Waals surface area (Å²) in [6, 6.07) is 29.6. The maximum Gasteiger partial charge on any atom is 0.322 e. The molecule has 1 aromatic heterocycles. The van der Waals surface area contributed by atoms with E-state index in [-0.39, 0.29) is 6.03 Å². The van der Waals surface area contributed by atoms with E-state index in [0.29, 0.717) is 25.0 Å². The third-order valence-corrected chi connectivity index (χ3v) is 9.51. The van der Waals surface area contributed by atoms with Gasteiger partial charge in [0.15, 0.2) is 0 Å². The third kappa shape index (κ3) is 9.43. The Hall–Kier alpha value is -4.16. The van der Waals surface area contributed by atoms with E-state index in [4.69, 9.17) is 4.74 Å². The minimum Gasteiger partial charge on any atom is -0.493 e. The molecule has 0 aliphatic heterocycles. The van der Waals surface area contributed by atoms with Crippen molar-refractivity contribution in [1.82, 2.24) is 15.2 Å². The molecular formula is C40H48N4O2. The zero-order chi connectivity index (χ0) is 31.4. The van der Waals surface area contributed by atoms with Crippen molar-refractivity contribution >= 4 is 11.7 Å². The zero-order valence-corrected chi connectivity index (χ0v) is 27.0. The Morgan fingerprint density at radius 3 is 2.00 bits per heavy atom. The Morgan fingerprint density at radius 1 is 0.717 bits per heavy atom. The van der Waals surface area contributed by atoms with Crippen molar-refractivity contribution in [2.45, 2.75) is 89.9 Å². The van der Waals surface area contributed by atoms with E-state index in [1.807, 2.05) is 47.5 Å². The first kappa shape index (κ1) is 31.8. The summed E-state index contributed by atoms with van der Waals surface area (Å²) in [6.45, 7) is 2.64. The lowest BCUT2D eigenvalue weighted by atomic mass is 9.90. The van der Waals surface area contributed by atoms with Crippen molar-refractivity contribution in [2.75, 3.05) is 11.9 Å². The van der Waals surface area contributed by atoms with Gasteiger partial charge >= 0.3 is 6.03 Å². The van der Waals surface area contributed by atoms with E-state index < -0.39 is 0 Å². The molecule has 2 aliphatic rings. The molecule has 0 saturated heterocycles. The fourth-order valence-electron chi connectivity index (χ4n) is 6.72. The number of ether oxygens (including phenoxy) is 1. The van der Waals surface area contributed by atoms with Crippen LogP contribution in [0.5, 0.6) is 5.75 Å². The first-order valence-corrected chi connectivity index (χ1v) is 17.3. The predicted octanol–water partition coefficient (Wildman–Crippen LogP) is 9.36. The molecule has 1 heterocycles. The molecule has 6 rings (SSSR count). The smallest absolute Gasteiger partial charge is 0.322 e. The number of hydrogen-bond acceptors (Lipinski definition) is 4. The molecule has 0 atom stereocenters. The lowest BCUT2D eigenvalue weighted by Crippen LogP contribution is -2.34. The molecule has 3 aromatic carbocycles. The quantitative estimate of drug-likeness (QED) is 0.166. The first-order chi connectivity index (χ1) is 22.7. The number of aromatic nitrogens is 1. The molecular weight excluding hydrogens is 568 g/mol. The second-order valence-corrected chi connectivity index (χ2v) is 13.1. The van der Waals surface area contributed by atoms with E-state index in [0.717, 1.165) is 35.7 Å². The minimum atomic E-state index is -0.152. The summed E-state index contributed by atoms with van der Waals surface area (Å²) in [4.78, 5) is 19.7. The molecule has 6 heteroatoms. The lowest BCUT2D eigenvalue weighted by Gasteiger charge is -2.24. The number of carbonyl (C=O) groups excluding carboxylic acids is 1. The second kappa shape index (κ2) is 16.4. The van der Waals surface area contributed by atoms with Crippen LogP contribution in [0.3, 0.4) is 0 Å². The number of anilines is 1. The summed E-state index contributed by atoms with van der Waals surface area (Å²) >= 11 is 0. The number of nitrogens with one attached hydrogen (secondary N) is 2. The van der Waals surface area contributed by atoms with Crippen molar-refractivity contribution in [3.63, 3.8) is 0 Å². The van der Waals surface area contributed by atoms with E-state index >= 15 is 0 Å². The van der Waals surface area contributed by atoms with Gasteiger partial charge in [-0.3, -0.25) is 4.98 Å². The SMILES string of the molecule is O=C(Nc1ccc(OCC2CCCCC2)cc1)N(Cc1ccc(-c2ccc(CNC3CCCCC3)cc2)cc1)Cc1cccnc1. The van der Waals surface area contributed by atoms with Gasteiger partial charge in [-0.1, -0.05) is 93.1 Å². The maximum atomic E-state index is 13.6. The first-order valence-electron chi connectivity index (χ1n) is 17.3. The lowest BCUT2D eigenvalue weighted by molar-refractivity contribution is 0.206. The number of pyridine rings is 1. The van der Waals surface area contributed by atoms with Gasteiger partial charge < -0.3 is 20.3 Å². The monoisotopic (exact) mass is 616 g/mol. The van der Waals surface area contributed by atoms with Crippen molar-refractivity contribution in [3.05, 3.63) is 114 Å². The average Bonchev–Trinajstić information content (AvgIpc) is 3.12. The summed E-state index contributed by atoms with van der Waals surface area (Å²) < 4.78 is 6.06. The van der Waals surface area contributed by atoms with E-state index in [2.05, 4.69) is 64.1 Å². The summed E-state index contributed by atoms with van der Waals surface area (Å²) in [5.41, 5.74) is 6.50. The molecule has 0 bridgehead atoms. The highest BCUT2D eigenvalue weighted by atomic mass is 16.5. The van der Waals surface area contributed by atoms with Crippen molar-refractivity contribution < 1.29 is 9.53 Å². The second-order valence-electron chi connectivity index (χ2n) is 13.1. The molecule has 240 valence electrons. The average molecular weight is 617 g/mol. The molecule has 2 fully saturated rings. The van der Waals surface area contributed by atoms with Gasteiger partial charge in [-0.05, 0) is 89.8 Å². The maximum absolute atomic E-state index is 13.6. The van der Waals surface area contributed by atoms with E-state index in [1.54, 1.807) is 6.20 Å². The Kier molecular flexibility index (Phi) is 11.4. The van der Waals surface area contributed by atoms with Crippen LogP contribution in [-0.4, -0.2) is 28.6 Å². The Morgan fingerprint density at radius 2 is 1.35 bits per heavy atom. The van der Waals surface area contributed by atoms with Crippen LogP contribution in [0.1, 0.15) is 80.9 Å². The molecule has 0 unspecified atom stereocenters. The van der Waals surface area contributed by atoms with Crippen molar-refractivity contribution in [3.8, 4) is 16.9 Å². The normalized spacial score (nSPS) is 15.7. The molecule has 2 saturated carbocycles. The van der Waals surface area contributed by atoms with Gasteiger partial charge in [0.2, 0.25) is 0 Å². The molecule has 2 N–H and O–H groups in total. The van der Waals surface area contributed by atoms with Crippen LogP contribution in [0.4, 0.5) is 10.5 Å². The molecule has 6 nitrogen and oxygen atoms in total. The number of urea groups is 1. The van der Waals surface area contributed by atoms with Gasteiger partial charge in [0, 0.05) is 43.8 Å². The minimum absolute atomic E-state index is 0.152. The van der Waals surface area contributed by atoms with E-state index in [9.17, 15) is 4.79 Å². The molecule has 0 spiro atoms. The number of benzene rings is 3. The van der Waals surface area contributed by atoms with Gasteiger partial charge in [0.1, 0.15) is 5.75 Å². The number of rotatable bonds is 12. The number of hydrogen-bond donors (Lipinski definition) is 2. The van der Waals surface area contributed by atoms with Crippen LogP contribution >= 0.6 is 0 Å². The largest absolute Gasteiger partial charge is 0.493 e. The molecule has 0 radical (unpaired) electrons. The fraction of sp³-hybridized carbons (Fsp3) is 0.400. The van der Waals surface area contributed by atoms with Crippen LogP contribution in [0.15, 0.2) is 97.3 Å². The van der Waals surface area contributed by atoms with Gasteiger partial charge in [-0.25, -0.2) is 4.79 Å². The Balaban J connectivity index is 1.06. The number of amides is 2. The van der Waals surface area contributed by atoms with Crippen molar-refractivity contribution in [1.29, 1.82) is 0 Å². The standard InChI is InChI=1S/C40H48N4O2/c45-40(43-38-21-23-39(24-22-38)46-30-33-8-3-1-4-9-33)44(29-34-10-7-25-41-26-34)28-32-15-19-36(20-16-32)35-17-13-31(14-18-35)27-42-37-11-5-2-6-12-37/h7,10,13-26,33,37,42H,1-6,8-9,11-12,27-30H2,(H,43,45). The van der Waals surface area contributed by atoms with Crippen LogP contribution in [0.2, 0.25) is 0 Å². The summed E-state index contributed by atoms with van der Waals surface area (Å²) in [5.74, 6) is 1.50. The molecule has 2 amide bonds. The van der Waals surface area contributed by atoms with Gasteiger partial charge in [0.05, 0.1) is 6.61 Å². The van der Waals surface area contributed by atoms with Gasteiger partial charge in [-0.2, -0.15) is 0 Å². The summed E-state index contributed by atoms with van der Waals surface area (Å²) in [6.07, 6.45) is 16.7. The summed E-state index contributed by atoms with van der Waals surface area (Å²) in [5, 5.41) is 6.83. The highest BCUT2D eigenvalue weighted by Gasteiger charge is 2.17. The van der Waals surface area contributed by atoms with Gasteiger partial charge in [-0.15, -0.1) is 0 Å². The van der Waals surface area contributed by atoms with Crippen LogP contribution in [-0.2, 0) is 19.6 Å². The topological polar surface area (TPSA) is 66.5 Å². The number of carbonyl (C=O) groups is 1. The van der Waals surface area contributed by atoms with Crippen LogP contribution in [0, 0.1) is 5.92 Å².